The zero-order chi connectivity index (χ0) is 11.1. The Bertz CT molecular complexity index is 191. The van der Waals surface area contributed by atoms with Gasteiger partial charge < -0.3 is 14.5 Å². The molecule has 1 aliphatic rings. The van der Waals surface area contributed by atoms with E-state index in [1.54, 1.807) is 0 Å². The molecule has 15 heavy (non-hydrogen) atoms. The summed E-state index contributed by atoms with van der Waals surface area (Å²) in [6.07, 6.45) is 2.22. The summed E-state index contributed by atoms with van der Waals surface area (Å²) in [5.74, 6) is 0. The number of morpholine rings is 1. The van der Waals surface area contributed by atoms with E-state index < -0.39 is 0 Å². The number of nitrogens with zero attached hydrogens (tertiary/aromatic N) is 2. The van der Waals surface area contributed by atoms with Gasteiger partial charge in [-0.3, -0.25) is 0 Å². The molecule has 0 bridgehead atoms. The first-order chi connectivity index (χ1) is 7.29. The molecule has 4 heteroatoms. The first kappa shape index (κ1) is 12.3. The van der Waals surface area contributed by atoms with Crippen LogP contribution >= 0.6 is 0 Å². The quantitative estimate of drug-likeness (QED) is 0.711. The maximum atomic E-state index is 12.0. The van der Waals surface area contributed by atoms with Gasteiger partial charge in [-0.15, -0.1) is 0 Å². The van der Waals surface area contributed by atoms with Crippen molar-refractivity contribution in [2.24, 2.45) is 0 Å². The van der Waals surface area contributed by atoms with Crippen LogP contribution in [-0.4, -0.2) is 55.2 Å². The van der Waals surface area contributed by atoms with Crippen LogP contribution in [0.15, 0.2) is 0 Å². The minimum absolute atomic E-state index is 0.175. The third-order valence-electron chi connectivity index (χ3n) is 2.72. The Kier molecular flexibility index (Phi) is 5.47. The first-order valence-electron chi connectivity index (χ1n) is 5.91. The largest absolute Gasteiger partial charge is 0.378 e. The van der Waals surface area contributed by atoms with Crippen molar-refractivity contribution in [3.05, 3.63) is 0 Å². The number of hydrogen-bond donors (Lipinski definition) is 0. The van der Waals surface area contributed by atoms with Gasteiger partial charge in [-0.05, 0) is 13.3 Å². The van der Waals surface area contributed by atoms with Crippen LogP contribution in [0.2, 0.25) is 0 Å². The molecule has 4 nitrogen and oxygen atoms in total. The lowest BCUT2D eigenvalue weighted by Gasteiger charge is -2.32. The molecule has 0 saturated carbocycles. The van der Waals surface area contributed by atoms with Gasteiger partial charge in [-0.1, -0.05) is 13.3 Å². The van der Waals surface area contributed by atoms with Crippen LogP contribution in [-0.2, 0) is 4.74 Å². The number of carbonyl (C=O) groups is 1. The summed E-state index contributed by atoms with van der Waals surface area (Å²) >= 11 is 0. The van der Waals surface area contributed by atoms with Crippen molar-refractivity contribution in [1.82, 2.24) is 9.80 Å². The summed E-state index contributed by atoms with van der Waals surface area (Å²) in [6, 6.07) is 0.175. The number of amides is 2. The molecule has 0 radical (unpaired) electrons. The van der Waals surface area contributed by atoms with Gasteiger partial charge in [0.1, 0.15) is 0 Å². The second-order valence-corrected chi connectivity index (χ2v) is 3.82. The fraction of sp³-hybridized carbons (Fsp3) is 0.909. The van der Waals surface area contributed by atoms with Crippen molar-refractivity contribution in [3.63, 3.8) is 0 Å². The van der Waals surface area contributed by atoms with E-state index in [9.17, 15) is 4.79 Å². The molecule has 0 unspecified atom stereocenters. The normalized spacial score (nSPS) is 16.5. The Morgan fingerprint density at radius 3 is 2.53 bits per heavy atom. The second-order valence-electron chi connectivity index (χ2n) is 3.82. The van der Waals surface area contributed by atoms with Gasteiger partial charge in [0.2, 0.25) is 0 Å². The van der Waals surface area contributed by atoms with Crippen molar-refractivity contribution in [2.45, 2.75) is 26.7 Å². The highest BCUT2D eigenvalue weighted by Gasteiger charge is 2.20. The van der Waals surface area contributed by atoms with Gasteiger partial charge in [-0.2, -0.15) is 0 Å². The Hall–Kier alpha value is -0.770. The molecule has 88 valence electrons. The Morgan fingerprint density at radius 2 is 2.00 bits per heavy atom. The number of urea groups is 1. The van der Waals surface area contributed by atoms with Crippen LogP contribution < -0.4 is 0 Å². The van der Waals surface area contributed by atoms with E-state index in [0.29, 0.717) is 13.2 Å². The Balaban J connectivity index is 2.40. The predicted molar refractivity (Wildman–Crippen MR) is 59.9 cm³/mol. The maximum Gasteiger partial charge on any atom is 0.320 e. The van der Waals surface area contributed by atoms with E-state index in [1.165, 1.54) is 0 Å². The first-order valence-corrected chi connectivity index (χ1v) is 5.91. The minimum atomic E-state index is 0.175. The standard InChI is InChI=1S/C11H22N2O2/c1-3-5-6-12(4-2)11(14)13-7-9-15-10-8-13/h3-10H2,1-2H3. The fourth-order valence-electron chi connectivity index (χ4n) is 1.69. The summed E-state index contributed by atoms with van der Waals surface area (Å²) in [4.78, 5) is 15.8. The lowest BCUT2D eigenvalue weighted by atomic mass is 10.3. The smallest absolute Gasteiger partial charge is 0.320 e. The molecule has 0 spiro atoms. The highest BCUT2D eigenvalue weighted by Crippen LogP contribution is 2.04. The Labute approximate surface area is 92.2 Å². The van der Waals surface area contributed by atoms with Crippen LogP contribution in [0.5, 0.6) is 0 Å². The molecule has 1 aliphatic heterocycles. The van der Waals surface area contributed by atoms with Gasteiger partial charge >= 0.3 is 6.03 Å². The van der Waals surface area contributed by atoms with E-state index in [-0.39, 0.29) is 6.03 Å². The van der Waals surface area contributed by atoms with Crippen LogP contribution in [0.3, 0.4) is 0 Å². The van der Waals surface area contributed by atoms with E-state index in [0.717, 1.165) is 39.0 Å². The second kappa shape index (κ2) is 6.67. The summed E-state index contributed by atoms with van der Waals surface area (Å²) in [5.41, 5.74) is 0. The van der Waals surface area contributed by atoms with Crippen molar-refractivity contribution in [2.75, 3.05) is 39.4 Å². The average molecular weight is 214 g/mol. The SMILES string of the molecule is CCCCN(CC)C(=O)N1CCOCC1. The minimum Gasteiger partial charge on any atom is -0.378 e. The van der Waals surface area contributed by atoms with Crippen LogP contribution in [0, 0.1) is 0 Å². The molecule has 1 saturated heterocycles. The summed E-state index contributed by atoms with van der Waals surface area (Å²) < 4.78 is 5.23. The zero-order valence-electron chi connectivity index (χ0n) is 9.87. The number of ether oxygens (including phenoxy) is 1. The molecular weight excluding hydrogens is 192 g/mol. The number of carbonyl (C=O) groups excluding carboxylic acids is 1. The molecule has 1 rings (SSSR count). The molecule has 0 aliphatic carbocycles. The average Bonchev–Trinajstić information content (AvgIpc) is 2.31. The van der Waals surface area contributed by atoms with Crippen LogP contribution in [0.1, 0.15) is 26.7 Å². The van der Waals surface area contributed by atoms with Gasteiger partial charge in [0.25, 0.3) is 0 Å². The van der Waals surface area contributed by atoms with E-state index >= 15 is 0 Å². The van der Waals surface area contributed by atoms with Gasteiger partial charge in [0.05, 0.1) is 13.2 Å². The van der Waals surface area contributed by atoms with Gasteiger partial charge in [0, 0.05) is 26.2 Å². The van der Waals surface area contributed by atoms with E-state index in [1.807, 2.05) is 16.7 Å². The third kappa shape index (κ3) is 3.70. The van der Waals surface area contributed by atoms with Crippen molar-refractivity contribution < 1.29 is 9.53 Å². The number of hydrogen-bond acceptors (Lipinski definition) is 2. The fourth-order valence-corrected chi connectivity index (χ4v) is 1.69. The molecular formula is C11H22N2O2. The van der Waals surface area contributed by atoms with E-state index in [4.69, 9.17) is 4.74 Å². The molecule has 0 aromatic heterocycles. The highest BCUT2D eigenvalue weighted by molar-refractivity contribution is 5.74. The zero-order valence-corrected chi connectivity index (χ0v) is 9.87. The molecule has 2 amide bonds. The Morgan fingerprint density at radius 1 is 1.33 bits per heavy atom. The summed E-state index contributed by atoms with van der Waals surface area (Å²) in [7, 11) is 0. The lowest BCUT2D eigenvalue weighted by Crippen LogP contribution is -2.48. The molecule has 0 N–H and O–H groups in total. The molecule has 0 atom stereocenters. The predicted octanol–water partition coefficient (Wildman–Crippen LogP) is 1.56. The van der Waals surface area contributed by atoms with E-state index in [2.05, 4.69) is 6.92 Å². The van der Waals surface area contributed by atoms with Crippen LogP contribution in [0.4, 0.5) is 4.79 Å². The third-order valence-corrected chi connectivity index (χ3v) is 2.72. The summed E-state index contributed by atoms with van der Waals surface area (Å²) in [6.45, 7) is 8.69. The molecule has 0 aromatic rings. The highest BCUT2D eigenvalue weighted by atomic mass is 16.5. The van der Waals surface area contributed by atoms with Crippen LogP contribution in [0.25, 0.3) is 0 Å². The lowest BCUT2D eigenvalue weighted by molar-refractivity contribution is 0.0436. The van der Waals surface area contributed by atoms with Crippen molar-refractivity contribution in [1.29, 1.82) is 0 Å². The van der Waals surface area contributed by atoms with Gasteiger partial charge in [0.15, 0.2) is 0 Å². The van der Waals surface area contributed by atoms with Gasteiger partial charge in [-0.25, -0.2) is 4.79 Å². The van der Waals surface area contributed by atoms with Crippen molar-refractivity contribution >= 4 is 6.03 Å². The number of unbranched alkanes of at least 4 members (excludes halogenated alkanes) is 1. The molecule has 1 heterocycles. The topological polar surface area (TPSA) is 32.8 Å². The summed E-state index contributed by atoms with van der Waals surface area (Å²) in [5, 5.41) is 0. The maximum absolute atomic E-state index is 12.0. The number of rotatable bonds is 4. The van der Waals surface area contributed by atoms with Crippen molar-refractivity contribution in [3.8, 4) is 0 Å². The monoisotopic (exact) mass is 214 g/mol. The molecule has 1 fully saturated rings. The molecule has 0 aromatic carbocycles.